The largest absolute Gasteiger partial charge is 0.314 e. The van der Waals surface area contributed by atoms with Gasteiger partial charge in [-0.25, -0.2) is 0 Å². The zero-order valence-corrected chi connectivity index (χ0v) is 11.3. The van der Waals surface area contributed by atoms with E-state index < -0.39 is 0 Å². The molecule has 0 aromatic heterocycles. The molecule has 0 aromatic rings. The van der Waals surface area contributed by atoms with Gasteiger partial charge in [-0.1, -0.05) is 13.8 Å². The van der Waals surface area contributed by atoms with E-state index in [-0.39, 0.29) is 0 Å². The van der Waals surface area contributed by atoms with Crippen LogP contribution in [0, 0.1) is 0 Å². The van der Waals surface area contributed by atoms with Crippen LogP contribution in [-0.2, 0) is 0 Å². The summed E-state index contributed by atoms with van der Waals surface area (Å²) in [6.07, 6.45) is 2.52. The van der Waals surface area contributed by atoms with Gasteiger partial charge in [0.15, 0.2) is 0 Å². The van der Waals surface area contributed by atoms with Crippen molar-refractivity contribution in [3.63, 3.8) is 0 Å². The number of likely N-dealkylation sites (N-methyl/N-ethyl adjacent to an activating group) is 1. The molecular formula is C13H29N3. The van der Waals surface area contributed by atoms with Crippen molar-refractivity contribution >= 4 is 0 Å². The molecule has 0 aliphatic carbocycles. The summed E-state index contributed by atoms with van der Waals surface area (Å²) in [6, 6.07) is 0.678. The van der Waals surface area contributed by atoms with Crippen LogP contribution in [0.4, 0.5) is 0 Å². The third-order valence-electron chi connectivity index (χ3n) is 3.67. The van der Waals surface area contributed by atoms with Gasteiger partial charge in [0.2, 0.25) is 0 Å². The maximum Gasteiger partial charge on any atom is 0.0110 e. The fraction of sp³-hybridized carbons (Fsp3) is 1.00. The van der Waals surface area contributed by atoms with E-state index in [0.717, 1.165) is 0 Å². The number of hydrogen-bond acceptors (Lipinski definition) is 3. The first kappa shape index (κ1) is 13.9. The predicted octanol–water partition coefficient (Wildman–Crippen LogP) is 1.40. The highest BCUT2D eigenvalue weighted by Gasteiger charge is 2.14. The molecule has 3 heteroatoms. The third-order valence-corrected chi connectivity index (χ3v) is 3.67. The van der Waals surface area contributed by atoms with Crippen LogP contribution >= 0.6 is 0 Å². The van der Waals surface area contributed by atoms with Crippen LogP contribution in [0.3, 0.4) is 0 Å². The topological polar surface area (TPSA) is 18.5 Å². The van der Waals surface area contributed by atoms with Crippen molar-refractivity contribution in [1.82, 2.24) is 15.1 Å². The first-order valence-corrected chi connectivity index (χ1v) is 6.94. The summed E-state index contributed by atoms with van der Waals surface area (Å²) in [5.74, 6) is 0. The van der Waals surface area contributed by atoms with Crippen molar-refractivity contribution in [3.8, 4) is 0 Å². The van der Waals surface area contributed by atoms with Gasteiger partial charge < -0.3 is 15.1 Å². The lowest BCUT2D eigenvalue weighted by molar-refractivity contribution is 0.136. The highest BCUT2D eigenvalue weighted by molar-refractivity contribution is 4.71. The third kappa shape index (κ3) is 5.28. The summed E-state index contributed by atoms with van der Waals surface area (Å²) in [5.41, 5.74) is 0. The average Bonchev–Trinajstić information content (AvgIpc) is 2.35. The van der Waals surface area contributed by atoms with Crippen LogP contribution in [0.1, 0.15) is 33.6 Å². The first-order valence-electron chi connectivity index (χ1n) is 6.94. The van der Waals surface area contributed by atoms with Crippen LogP contribution < -0.4 is 5.32 Å². The number of hydrogen-bond donors (Lipinski definition) is 1. The Kier molecular flexibility index (Phi) is 7.01. The first-order chi connectivity index (χ1) is 7.76. The quantitative estimate of drug-likeness (QED) is 0.663. The molecular weight excluding hydrogens is 198 g/mol. The second-order valence-corrected chi connectivity index (χ2v) is 4.89. The zero-order valence-electron chi connectivity index (χ0n) is 11.3. The molecule has 1 heterocycles. The Morgan fingerprint density at radius 1 is 1.06 bits per heavy atom. The Hall–Kier alpha value is -0.120. The van der Waals surface area contributed by atoms with E-state index in [4.69, 9.17) is 0 Å². The molecule has 0 spiro atoms. The molecule has 1 atom stereocenters. The lowest BCUT2D eigenvalue weighted by Crippen LogP contribution is -2.46. The highest BCUT2D eigenvalue weighted by Crippen LogP contribution is 2.01. The van der Waals surface area contributed by atoms with Crippen LogP contribution in [0.5, 0.6) is 0 Å². The van der Waals surface area contributed by atoms with Crippen molar-refractivity contribution in [2.75, 3.05) is 45.8 Å². The second kappa shape index (κ2) is 8.04. The molecule has 0 radical (unpaired) electrons. The minimum atomic E-state index is 0.678. The Morgan fingerprint density at radius 3 is 2.25 bits per heavy atom. The highest BCUT2D eigenvalue weighted by atomic mass is 15.3. The van der Waals surface area contributed by atoms with Crippen LogP contribution in [0.15, 0.2) is 0 Å². The summed E-state index contributed by atoms with van der Waals surface area (Å²) in [4.78, 5) is 5.14. The van der Waals surface area contributed by atoms with E-state index in [1.165, 1.54) is 58.7 Å². The summed E-state index contributed by atoms with van der Waals surface area (Å²) in [5, 5.41) is 3.55. The van der Waals surface area contributed by atoms with E-state index in [0.29, 0.717) is 6.04 Å². The molecule has 1 fully saturated rings. The predicted molar refractivity (Wildman–Crippen MR) is 70.9 cm³/mol. The summed E-state index contributed by atoms with van der Waals surface area (Å²) >= 11 is 0. The van der Waals surface area contributed by atoms with Gasteiger partial charge in [-0.3, -0.25) is 0 Å². The number of nitrogens with zero attached hydrogens (tertiary/aromatic N) is 2. The maximum absolute atomic E-state index is 3.55. The molecule has 1 saturated heterocycles. The minimum Gasteiger partial charge on any atom is -0.314 e. The van der Waals surface area contributed by atoms with Gasteiger partial charge in [-0.2, -0.15) is 0 Å². The van der Waals surface area contributed by atoms with Gasteiger partial charge in [-0.15, -0.1) is 0 Å². The maximum atomic E-state index is 3.55. The average molecular weight is 227 g/mol. The van der Waals surface area contributed by atoms with E-state index in [9.17, 15) is 0 Å². The van der Waals surface area contributed by atoms with Gasteiger partial charge in [0.05, 0.1) is 0 Å². The molecule has 1 unspecified atom stereocenters. The Balaban J connectivity index is 1.98. The second-order valence-electron chi connectivity index (χ2n) is 4.89. The Morgan fingerprint density at radius 2 is 1.69 bits per heavy atom. The van der Waals surface area contributed by atoms with E-state index in [1.54, 1.807) is 0 Å². The van der Waals surface area contributed by atoms with Crippen molar-refractivity contribution in [2.24, 2.45) is 0 Å². The van der Waals surface area contributed by atoms with Gasteiger partial charge >= 0.3 is 0 Å². The van der Waals surface area contributed by atoms with Gasteiger partial charge in [0.25, 0.3) is 0 Å². The van der Waals surface area contributed by atoms with Crippen LogP contribution in [0.25, 0.3) is 0 Å². The molecule has 1 rings (SSSR count). The van der Waals surface area contributed by atoms with Crippen LogP contribution in [-0.4, -0.2) is 61.7 Å². The molecule has 96 valence electrons. The fourth-order valence-electron chi connectivity index (χ4n) is 2.12. The molecule has 1 aliphatic rings. The van der Waals surface area contributed by atoms with Crippen molar-refractivity contribution < 1.29 is 0 Å². The number of piperazine rings is 1. The molecule has 16 heavy (non-hydrogen) atoms. The standard InChI is InChI=1S/C13H29N3/c1-4-13(3)14-7-6-8-16-11-9-15(5-2)10-12-16/h13-14H,4-12H2,1-3H3. The van der Waals surface area contributed by atoms with Gasteiger partial charge in [0, 0.05) is 32.2 Å². The van der Waals surface area contributed by atoms with Gasteiger partial charge in [-0.05, 0) is 39.4 Å². The van der Waals surface area contributed by atoms with Crippen molar-refractivity contribution in [3.05, 3.63) is 0 Å². The smallest absolute Gasteiger partial charge is 0.0110 e. The molecule has 0 bridgehead atoms. The number of nitrogens with one attached hydrogen (secondary N) is 1. The SMILES string of the molecule is CCC(C)NCCCN1CCN(CC)CC1. The lowest BCUT2D eigenvalue weighted by atomic mass is 10.2. The van der Waals surface area contributed by atoms with Crippen LogP contribution in [0.2, 0.25) is 0 Å². The molecule has 0 amide bonds. The zero-order chi connectivity index (χ0) is 11.8. The molecule has 1 N–H and O–H groups in total. The van der Waals surface area contributed by atoms with Crippen molar-refractivity contribution in [1.29, 1.82) is 0 Å². The summed E-state index contributed by atoms with van der Waals surface area (Å²) < 4.78 is 0. The van der Waals surface area contributed by atoms with E-state index >= 15 is 0 Å². The summed E-state index contributed by atoms with van der Waals surface area (Å²) in [7, 11) is 0. The number of rotatable bonds is 7. The molecule has 1 aliphatic heterocycles. The fourth-order valence-corrected chi connectivity index (χ4v) is 2.12. The molecule has 0 aromatic carbocycles. The summed E-state index contributed by atoms with van der Waals surface area (Å²) in [6.45, 7) is 15.4. The normalized spacial score (nSPS) is 21.2. The van der Waals surface area contributed by atoms with Gasteiger partial charge in [0.1, 0.15) is 0 Å². The van der Waals surface area contributed by atoms with E-state index in [1.807, 2.05) is 0 Å². The minimum absolute atomic E-state index is 0.678. The Labute approximate surface area is 101 Å². The van der Waals surface area contributed by atoms with E-state index in [2.05, 4.69) is 35.9 Å². The lowest BCUT2D eigenvalue weighted by Gasteiger charge is -2.34. The monoisotopic (exact) mass is 227 g/mol. The molecule has 0 saturated carbocycles. The molecule has 3 nitrogen and oxygen atoms in total. The van der Waals surface area contributed by atoms with Crippen molar-refractivity contribution in [2.45, 2.75) is 39.7 Å². The Bertz CT molecular complexity index is 165.